The number of hydrogen-bond acceptors (Lipinski definition) is 4. The van der Waals surface area contributed by atoms with Crippen LogP contribution in [0.1, 0.15) is 48.5 Å². The summed E-state index contributed by atoms with van der Waals surface area (Å²) < 4.78 is 11.3. The highest BCUT2D eigenvalue weighted by Gasteiger charge is 2.39. The van der Waals surface area contributed by atoms with Crippen LogP contribution >= 0.6 is 0 Å². The molecule has 0 spiro atoms. The molecule has 5 nitrogen and oxygen atoms in total. The molecule has 0 bridgehead atoms. The van der Waals surface area contributed by atoms with Gasteiger partial charge in [0.2, 0.25) is 0 Å². The van der Waals surface area contributed by atoms with Crippen molar-refractivity contribution in [2.75, 3.05) is 13.2 Å². The first kappa shape index (κ1) is 20.4. The van der Waals surface area contributed by atoms with Crippen LogP contribution in [-0.2, 0) is 9.16 Å². The fourth-order valence-electron chi connectivity index (χ4n) is 1.23. The van der Waals surface area contributed by atoms with Crippen molar-refractivity contribution in [3.63, 3.8) is 0 Å². The molecular weight excluding hydrogens is 286 g/mol. The van der Waals surface area contributed by atoms with E-state index >= 15 is 0 Å². The van der Waals surface area contributed by atoms with Gasteiger partial charge in [0.15, 0.2) is 8.32 Å². The molecule has 0 radical (unpaired) electrons. The van der Waals surface area contributed by atoms with Crippen molar-refractivity contribution in [3.05, 3.63) is 0 Å². The number of hydrogen-bond donors (Lipinski definition) is 2. The van der Waals surface area contributed by atoms with Gasteiger partial charge in [0, 0.05) is 0 Å². The first-order chi connectivity index (χ1) is 9.12. The highest BCUT2D eigenvalue weighted by atomic mass is 28.4. The van der Waals surface area contributed by atoms with Crippen LogP contribution in [0, 0.1) is 0 Å². The second-order valence-electron chi connectivity index (χ2n) is 8.39. The summed E-state index contributed by atoms with van der Waals surface area (Å²) in [4.78, 5) is 11.9. The number of nitrogens with one attached hydrogen (secondary N) is 1. The zero-order chi connectivity index (χ0) is 17.1. The summed E-state index contributed by atoms with van der Waals surface area (Å²) in [5.74, 6) is 0. The molecule has 0 aromatic carbocycles. The summed E-state index contributed by atoms with van der Waals surface area (Å²) in [7, 11) is -1.93. The Morgan fingerprint density at radius 1 is 1.10 bits per heavy atom. The van der Waals surface area contributed by atoms with E-state index in [1.165, 1.54) is 0 Å². The Balaban J connectivity index is 4.72. The summed E-state index contributed by atoms with van der Waals surface area (Å²) in [5.41, 5.74) is -1.42. The Labute approximate surface area is 130 Å². The fraction of sp³-hybridized carbons (Fsp3) is 0.933. The van der Waals surface area contributed by atoms with E-state index in [1.807, 2.05) is 0 Å². The maximum Gasteiger partial charge on any atom is 0.408 e. The smallest absolute Gasteiger partial charge is 0.408 e. The van der Waals surface area contributed by atoms with Crippen LogP contribution in [0.4, 0.5) is 4.79 Å². The van der Waals surface area contributed by atoms with Crippen LogP contribution in [0.3, 0.4) is 0 Å². The molecule has 0 aliphatic carbocycles. The maximum atomic E-state index is 11.9. The van der Waals surface area contributed by atoms with Crippen LogP contribution in [-0.4, -0.2) is 43.9 Å². The van der Waals surface area contributed by atoms with Gasteiger partial charge in [-0.25, -0.2) is 4.79 Å². The van der Waals surface area contributed by atoms with Gasteiger partial charge in [-0.05, 0) is 45.8 Å². The van der Waals surface area contributed by atoms with Crippen molar-refractivity contribution < 1.29 is 19.1 Å². The number of aliphatic hydroxyl groups excluding tert-OH is 1. The van der Waals surface area contributed by atoms with Crippen LogP contribution in [0.15, 0.2) is 0 Å². The molecule has 0 heterocycles. The number of carbonyl (C=O) groups excluding carboxylic acids is 1. The third kappa shape index (κ3) is 7.29. The molecule has 0 saturated heterocycles. The Morgan fingerprint density at radius 3 is 1.90 bits per heavy atom. The molecule has 126 valence electrons. The molecule has 2 N–H and O–H groups in total. The number of ether oxygens (including phenoxy) is 1. The predicted molar refractivity (Wildman–Crippen MR) is 88.0 cm³/mol. The van der Waals surface area contributed by atoms with E-state index < -0.39 is 25.6 Å². The topological polar surface area (TPSA) is 67.8 Å². The molecule has 21 heavy (non-hydrogen) atoms. The maximum absolute atomic E-state index is 11.9. The van der Waals surface area contributed by atoms with Gasteiger partial charge in [-0.15, -0.1) is 0 Å². The summed E-state index contributed by atoms with van der Waals surface area (Å²) in [6.07, 6.45) is -0.544. The molecule has 0 aromatic heterocycles. The molecule has 0 aromatic rings. The van der Waals surface area contributed by atoms with Crippen LogP contribution in [0.25, 0.3) is 0 Å². The number of alkyl carbamates (subject to hydrolysis) is 1. The lowest BCUT2D eigenvalue weighted by atomic mass is 10.1. The highest BCUT2D eigenvalue weighted by Crippen LogP contribution is 2.36. The summed E-state index contributed by atoms with van der Waals surface area (Å²) in [6.45, 7) is 17.9. The lowest BCUT2D eigenvalue weighted by Crippen LogP contribution is -2.56. The van der Waals surface area contributed by atoms with E-state index in [9.17, 15) is 9.90 Å². The van der Waals surface area contributed by atoms with Crippen LogP contribution < -0.4 is 5.32 Å². The monoisotopic (exact) mass is 319 g/mol. The van der Waals surface area contributed by atoms with E-state index in [0.717, 1.165) is 0 Å². The first-order valence-electron chi connectivity index (χ1n) is 7.38. The summed E-state index contributed by atoms with van der Waals surface area (Å²) >= 11 is 0. The van der Waals surface area contributed by atoms with Crippen molar-refractivity contribution in [1.29, 1.82) is 0 Å². The molecule has 1 amide bonds. The largest absolute Gasteiger partial charge is 0.444 e. The minimum absolute atomic E-state index is 0.0787. The second-order valence-corrected chi connectivity index (χ2v) is 13.2. The molecule has 0 saturated carbocycles. The lowest BCUT2D eigenvalue weighted by Gasteiger charge is -2.39. The SMILES string of the molecule is CC(C)(C)OC(=O)N[C@@](C)(CO)CO[Si](C)(C)C(C)(C)C. The van der Waals surface area contributed by atoms with Gasteiger partial charge in [0.1, 0.15) is 5.60 Å². The van der Waals surface area contributed by atoms with E-state index in [2.05, 4.69) is 39.2 Å². The number of carbonyl (C=O) groups is 1. The van der Waals surface area contributed by atoms with Crippen LogP contribution in [0.5, 0.6) is 0 Å². The van der Waals surface area contributed by atoms with E-state index in [4.69, 9.17) is 9.16 Å². The third-order valence-corrected chi connectivity index (χ3v) is 8.19. The third-order valence-electron chi connectivity index (χ3n) is 3.71. The average Bonchev–Trinajstić information content (AvgIpc) is 2.22. The molecule has 0 unspecified atom stereocenters. The van der Waals surface area contributed by atoms with Gasteiger partial charge in [-0.1, -0.05) is 20.8 Å². The van der Waals surface area contributed by atoms with Gasteiger partial charge in [0.25, 0.3) is 0 Å². The molecule has 0 rings (SSSR count). The van der Waals surface area contributed by atoms with Gasteiger partial charge < -0.3 is 19.6 Å². The lowest BCUT2D eigenvalue weighted by molar-refractivity contribution is 0.0342. The predicted octanol–water partition coefficient (Wildman–Crippen LogP) is 3.28. The second kappa shape index (κ2) is 6.67. The standard InChI is InChI=1S/C15H33NO4Si/c1-13(2,3)20-12(18)16-15(7,10-17)11-19-21(8,9)14(4,5)6/h17H,10-11H2,1-9H3,(H,16,18)/t15-/m0/s1. The minimum Gasteiger partial charge on any atom is -0.444 e. The highest BCUT2D eigenvalue weighted by molar-refractivity contribution is 6.74. The van der Waals surface area contributed by atoms with E-state index in [1.54, 1.807) is 27.7 Å². The van der Waals surface area contributed by atoms with Crippen molar-refractivity contribution in [1.82, 2.24) is 5.32 Å². The van der Waals surface area contributed by atoms with E-state index in [-0.39, 0.29) is 18.3 Å². The van der Waals surface area contributed by atoms with Gasteiger partial charge in [0.05, 0.1) is 18.8 Å². The van der Waals surface area contributed by atoms with Gasteiger partial charge in [-0.2, -0.15) is 0 Å². The normalized spacial score (nSPS) is 16.3. The molecule has 6 heteroatoms. The number of rotatable bonds is 5. The quantitative estimate of drug-likeness (QED) is 0.763. The van der Waals surface area contributed by atoms with Crippen molar-refractivity contribution >= 4 is 14.4 Å². The van der Waals surface area contributed by atoms with Crippen molar-refractivity contribution in [3.8, 4) is 0 Å². The van der Waals surface area contributed by atoms with Crippen molar-refractivity contribution in [2.24, 2.45) is 0 Å². The zero-order valence-corrected chi connectivity index (χ0v) is 16.1. The Bertz CT molecular complexity index is 358. The Morgan fingerprint density at radius 2 is 1.57 bits per heavy atom. The molecule has 0 aliphatic heterocycles. The summed E-state index contributed by atoms with van der Waals surface area (Å²) in [6, 6.07) is 0. The number of aliphatic hydroxyl groups is 1. The average molecular weight is 320 g/mol. The van der Waals surface area contributed by atoms with Crippen LogP contribution in [0.2, 0.25) is 18.1 Å². The van der Waals surface area contributed by atoms with Gasteiger partial charge in [-0.3, -0.25) is 0 Å². The Kier molecular flexibility index (Phi) is 6.48. The molecule has 1 atom stereocenters. The molecule has 0 aliphatic rings. The molecular formula is C15H33NO4Si. The summed E-state index contributed by atoms with van der Waals surface area (Å²) in [5, 5.41) is 12.4. The van der Waals surface area contributed by atoms with Gasteiger partial charge >= 0.3 is 6.09 Å². The fourth-order valence-corrected chi connectivity index (χ4v) is 2.34. The Hall–Kier alpha value is -0.593. The van der Waals surface area contributed by atoms with E-state index in [0.29, 0.717) is 0 Å². The van der Waals surface area contributed by atoms with Crippen molar-refractivity contribution in [2.45, 2.75) is 77.7 Å². The first-order valence-corrected chi connectivity index (χ1v) is 10.3. The minimum atomic E-state index is -1.93. The molecule has 0 fully saturated rings. The zero-order valence-electron chi connectivity index (χ0n) is 15.1. The number of amides is 1.